The maximum absolute atomic E-state index is 12.7. The number of ether oxygens (including phenoxy) is 1. The first-order valence-corrected chi connectivity index (χ1v) is 9.08. The molecule has 0 saturated carbocycles. The van der Waals surface area contributed by atoms with Gasteiger partial charge in [0.15, 0.2) is 6.04 Å². The number of rotatable bonds is 5. The van der Waals surface area contributed by atoms with E-state index in [1.54, 1.807) is 42.4 Å². The number of nitrogens with one attached hydrogen (secondary N) is 2. The molecule has 158 valence electrons. The van der Waals surface area contributed by atoms with E-state index in [-0.39, 0.29) is 19.8 Å². The summed E-state index contributed by atoms with van der Waals surface area (Å²) in [5, 5.41) is 2.80. The van der Waals surface area contributed by atoms with Crippen molar-refractivity contribution in [3.63, 3.8) is 0 Å². The number of carbonyl (C=O) groups excluding carboxylic acids is 5. The number of ketones is 2. The van der Waals surface area contributed by atoms with E-state index in [0.717, 1.165) is 6.20 Å². The molecule has 1 aromatic rings. The molecular formula is C19H21N5O6. The third kappa shape index (κ3) is 4.07. The van der Waals surface area contributed by atoms with Gasteiger partial charge in [-0.15, -0.1) is 0 Å². The number of methoxy groups -OCH3 is 1. The molecule has 3 amide bonds. The van der Waals surface area contributed by atoms with Gasteiger partial charge < -0.3 is 9.64 Å². The van der Waals surface area contributed by atoms with E-state index in [2.05, 4.69) is 10.9 Å². The van der Waals surface area contributed by atoms with Gasteiger partial charge in [-0.05, 0) is 12.1 Å². The Labute approximate surface area is 172 Å². The molecule has 1 unspecified atom stereocenters. The summed E-state index contributed by atoms with van der Waals surface area (Å²) in [6.45, 7) is 0.684. The molecule has 1 atom stereocenters. The van der Waals surface area contributed by atoms with E-state index in [1.165, 1.54) is 17.0 Å². The fourth-order valence-corrected chi connectivity index (χ4v) is 3.11. The molecule has 1 saturated heterocycles. The lowest BCUT2D eigenvalue weighted by molar-refractivity contribution is -0.170. The molecule has 2 heterocycles. The number of hydrogen-bond acceptors (Lipinski definition) is 8. The first-order chi connectivity index (χ1) is 14.3. The number of carbonyl (C=O) groups is 5. The Morgan fingerprint density at radius 2 is 1.77 bits per heavy atom. The van der Waals surface area contributed by atoms with Crippen LogP contribution in [0.5, 0.6) is 0 Å². The number of amides is 3. The summed E-state index contributed by atoms with van der Waals surface area (Å²) >= 11 is 0. The second-order valence-electron chi connectivity index (χ2n) is 6.69. The zero-order chi connectivity index (χ0) is 21.8. The Balaban J connectivity index is 1.74. The first kappa shape index (κ1) is 21.1. The zero-order valence-corrected chi connectivity index (χ0v) is 16.5. The Morgan fingerprint density at radius 3 is 2.43 bits per heavy atom. The van der Waals surface area contributed by atoms with Crippen molar-refractivity contribution in [3.05, 3.63) is 47.7 Å². The van der Waals surface area contributed by atoms with Crippen molar-refractivity contribution in [1.82, 2.24) is 25.8 Å². The van der Waals surface area contributed by atoms with Gasteiger partial charge in [0.25, 0.3) is 17.7 Å². The van der Waals surface area contributed by atoms with Gasteiger partial charge >= 0.3 is 0 Å². The van der Waals surface area contributed by atoms with E-state index in [9.17, 15) is 24.0 Å². The molecule has 2 N–H and O–H groups in total. The van der Waals surface area contributed by atoms with Crippen molar-refractivity contribution in [2.45, 2.75) is 6.04 Å². The van der Waals surface area contributed by atoms with Crippen LogP contribution in [0.4, 0.5) is 0 Å². The molecule has 11 nitrogen and oxygen atoms in total. The molecule has 2 aliphatic heterocycles. The number of hydrogen-bond donors (Lipinski definition) is 2. The number of benzene rings is 1. The summed E-state index contributed by atoms with van der Waals surface area (Å²) in [5.74, 6) is -4.21. The maximum atomic E-state index is 12.7. The molecule has 1 aromatic carbocycles. The molecule has 0 radical (unpaired) electrons. The van der Waals surface area contributed by atoms with E-state index >= 15 is 0 Å². The minimum atomic E-state index is -1.37. The molecule has 11 heteroatoms. The highest BCUT2D eigenvalue weighted by Gasteiger charge is 2.48. The summed E-state index contributed by atoms with van der Waals surface area (Å²) in [5.41, 5.74) is 4.14. The van der Waals surface area contributed by atoms with Gasteiger partial charge in [-0.3, -0.25) is 39.8 Å². The molecular weight excluding hydrogens is 394 g/mol. The first-order valence-electron chi connectivity index (χ1n) is 9.08. The number of Topliss-reactive ketones (excluding diaryl/α,β-unsaturated/α-hetero) is 2. The van der Waals surface area contributed by atoms with Crippen molar-refractivity contribution in [2.24, 2.45) is 0 Å². The third-order valence-corrected chi connectivity index (χ3v) is 4.69. The van der Waals surface area contributed by atoms with Crippen molar-refractivity contribution < 1.29 is 28.7 Å². The summed E-state index contributed by atoms with van der Waals surface area (Å²) < 4.78 is 4.96. The van der Waals surface area contributed by atoms with Crippen LogP contribution < -0.4 is 10.9 Å². The van der Waals surface area contributed by atoms with Crippen LogP contribution in [0, 0.1) is 0 Å². The van der Waals surface area contributed by atoms with E-state index in [0.29, 0.717) is 5.56 Å². The topological polar surface area (TPSA) is 128 Å². The van der Waals surface area contributed by atoms with Crippen molar-refractivity contribution in [3.8, 4) is 0 Å². The molecule has 2 aliphatic rings. The summed E-state index contributed by atoms with van der Waals surface area (Å²) in [6, 6.07) is 6.76. The van der Waals surface area contributed by atoms with Gasteiger partial charge in [0.1, 0.15) is 5.57 Å². The van der Waals surface area contributed by atoms with Crippen LogP contribution in [0.1, 0.15) is 10.4 Å². The van der Waals surface area contributed by atoms with Gasteiger partial charge in [0.05, 0.1) is 13.3 Å². The average molecular weight is 415 g/mol. The van der Waals surface area contributed by atoms with Gasteiger partial charge in [-0.1, -0.05) is 18.2 Å². The van der Waals surface area contributed by atoms with E-state index < -0.39 is 40.9 Å². The van der Waals surface area contributed by atoms with Crippen LogP contribution in [-0.4, -0.2) is 84.2 Å². The second-order valence-corrected chi connectivity index (χ2v) is 6.69. The molecule has 0 aromatic heterocycles. The Morgan fingerprint density at radius 1 is 1.10 bits per heavy atom. The Bertz CT molecular complexity index is 915. The maximum Gasteiger partial charge on any atom is 0.275 e. The van der Waals surface area contributed by atoms with E-state index in [4.69, 9.17) is 4.74 Å². The summed E-state index contributed by atoms with van der Waals surface area (Å²) in [6.07, 6.45) is 1.14. The standard InChI is InChI=1S/C19H21N5O6/c1-22-11-23(8-9-30-2)19(29)14-16(26)15(25)13(10-24(14)22)18(28)21-20-17(27)12-6-4-3-5-7-12/h3-7,10,14H,8-9,11H2,1-2H3,(H,20,27)(H,21,28). The van der Waals surface area contributed by atoms with E-state index in [1.807, 2.05) is 0 Å². The average Bonchev–Trinajstić information content (AvgIpc) is 2.75. The van der Waals surface area contributed by atoms with Crippen molar-refractivity contribution >= 4 is 29.3 Å². The van der Waals surface area contributed by atoms with Crippen molar-refractivity contribution in [1.29, 1.82) is 0 Å². The lowest BCUT2D eigenvalue weighted by Crippen LogP contribution is -2.67. The van der Waals surface area contributed by atoms with Gasteiger partial charge in [0.2, 0.25) is 11.6 Å². The largest absolute Gasteiger partial charge is 0.383 e. The van der Waals surface area contributed by atoms with Crippen LogP contribution in [0.15, 0.2) is 42.1 Å². The molecule has 1 fully saturated rings. The lowest BCUT2D eigenvalue weighted by atomic mass is 9.96. The minimum Gasteiger partial charge on any atom is -0.383 e. The molecule has 3 rings (SSSR count). The van der Waals surface area contributed by atoms with Crippen LogP contribution in [0.25, 0.3) is 0 Å². The fourth-order valence-electron chi connectivity index (χ4n) is 3.11. The number of fused-ring (bicyclic) bond motifs is 1. The van der Waals surface area contributed by atoms with Crippen molar-refractivity contribution in [2.75, 3.05) is 34.0 Å². The molecule has 0 spiro atoms. The normalized spacial score (nSPS) is 19.3. The predicted molar refractivity (Wildman–Crippen MR) is 102 cm³/mol. The van der Waals surface area contributed by atoms with Crippen LogP contribution in [0.3, 0.4) is 0 Å². The van der Waals surface area contributed by atoms with Gasteiger partial charge in [-0.25, -0.2) is 5.01 Å². The number of hydrazine groups is 2. The summed E-state index contributed by atoms with van der Waals surface area (Å²) in [7, 11) is 3.11. The quantitative estimate of drug-likeness (QED) is 0.256. The second kappa shape index (κ2) is 8.84. The predicted octanol–water partition coefficient (Wildman–Crippen LogP) is -1.55. The highest BCUT2D eigenvalue weighted by atomic mass is 16.5. The lowest BCUT2D eigenvalue weighted by Gasteiger charge is -2.46. The van der Waals surface area contributed by atoms with Gasteiger partial charge in [-0.2, -0.15) is 0 Å². The minimum absolute atomic E-state index is 0.149. The third-order valence-electron chi connectivity index (χ3n) is 4.69. The Kier molecular flexibility index (Phi) is 6.23. The summed E-state index contributed by atoms with van der Waals surface area (Å²) in [4.78, 5) is 63.6. The molecule has 0 aliphatic carbocycles. The molecule has 30 heavy (non-hydrogen) atoms. The highest BCUT2D eigenvalue weighted by molar-refractivity contribution is 6.53. The van der Waals surface area contributed by atoms with Crippen LogP contribution >= 0.6 is 0 Å². The highest BCUT2D eigenvalue weighted by Crippen LogP contribution is 2.23. The Hall–Kier alpha value is -3.57. The number of nitrogens with zero attached hydrogens (tertiary/aromatic N) is 3. The van der Waals surface area contributed by atoms with Crippen LogP contribution in [-0.2, 0) is 23.9 Å². The monoisotopic (exact) mass is 415 g/mol. The van der Waals surface area contributed by atoms with Crippen LogP contribution in [0.2, 0.25) is 0 Å². The smallest absolute Gasteiger partial charge is 0.275 e. The zero-order valence-electron chi connectivity index (χ0n) is 16.5. The molecule has 0 bridgehead atoms. The van der Waals surface area contributed by atoms with Gasteiger partial charge in [0, 0.05) is 32.5 Å². The fraction of sp³-hybridized carbons (Fsp3) is 0.316. The SMILES string of the molecule is COCCN1CN(C)N2C=C(C(=O)NNC(=O)c3ccccc3)C(=O)C(=O)C2C1=O.